The molecule has 0 amide bonds. The van der Waals surface area contributed by atoms with Crippen molar-refractivity contribution in [2.75, 3.05) is 19.6 Å². The molecule has 3 rings (SSSR count). The van der Waals surface area contributed by atoms with Crippen molar-refractivity contribution < 1.29 is 0 Å². The Morgan fingerprint density at radius 1 is 1.33 bits per heavy atom. The first-order valence-electron chi connectivity index (χ1n) is 5.90. The molecule has 0 aliphatic carbocycles. The number of hydrogen-bond acceptors (Lipinski definition) is 3. The lowest BCUT2D eigenvalue weighted by atomic mass is 9.88. The standard InChI is InChI=1S/C12H17N3/c1-2-11-12(14-5-4-13-11)10-8-15-6-3-9(10)7-15/h4-5,9-10H,2-3,6-8H2,1H3/t9-,10+/m1/s1. The number of aryl methyl sites for hydroxylation is 1. The van der Waals surface area contributed by atoms with E-state index in [2.05, 4.69) is 21.8 Å². The molecule has 3 heteroatoms. The van der Waals surface area contributed by atoms with Gasteiger partial charge in [0.05, 0.1) is 11.4 Å². The molecule has 80 valence electrons. The Morgan fingerprint density at radius 2 is 2.20 bits per heavy atom. The molecule has 3 nitrogen and oxygen atoms in total. The molecule has 0 radical (unpaired) electrons. The minimum Gasteiger partial charge on any atom is -0.302 e. The first-order valence-corrected chi connectivity index (χ1v) is 5.90. The van der Waals surface area contributed by atoms with Crippen LogP contribution >= 0.6 is 0 Å². The van der Waals surface area contributed by atoms with Crippen molar-refractivity contribution >= 4 is 0 Å². The molecule has 3 atom stereocenters. The van der Waals surface area contributed by atoms with Gasteiger partial charge in [0.2, 0.25) is 0 Å². The van der Waals surface area contributed by atoms with Gasteiger partial charge in [0.25, 0.3) is 0 Å². The third kappa shape index (κ3) is 1.46. The van der Waals surface area contributed by atoms with Crippen molar-refractivity contribution in [3.8, 4) is 0 Å². The lowest BCUT2D eigenvalue weighted by molar-refractivity contribution is 0.342. The Balaban J connectivity index is 1.92. The highest BCUT2D eigenvalue weighted by Crippen LogP contribution is 2.39. The first-order chi connectivity index (χ1) is 7.38. The Labute approximate surface area is 90.5 Å². The lowest BCUT2D eigenvalue weighted by Crippen LogP contribution is -2.23. The SMILES string of the molecule is CCc1nccnc1[C@H]1CN2CC[C@@H]1C2. The molecule has 2 aliphatic heterocycles. The van der Waals surface area contributed by atoms with Gasteiger partial charge in [-0.1, -0.05) is 6.92 Å². The van der Waals surface area contributed by atoms with Crippen LogP contribution in [0.1, 0.15) is 30.7 Å². The lowest BCUT2D eigenvalue weighted by Gasteiger charge is -2.22. The molecule has 2 saturated heterocycles. The number of fused-ring (bicyclic) bond motifs is 2. The number of rotatable bonds is 2. The Morgan fingerprint density at radius 3 is 2.87 bits per heavy atom. The van der Waals surface area contributed by atoms with Crippen molar-refractivity contribution in [2.24, 2.45) is 5.92 Å². The summed E-state index contributed by atoms with van der Waals surface area (Å²) in [5, 5.41) is 0. The quantitative estimate of drug-likeness (QED) is 0.728. The monoisotopic (exact) mass is 203 g/mol. The van der Waals surface area contributed by atoms with E-state index in [-0.39, 0.29) is 0 Å². The summed E-state index contributed by atoms with van der Waals surface area (Å²) >= 11 is 0. The Kier molecular flexibility index (Phi) is 2.20. The van der Waals surface area contributed by atoms with Crippen molar-refractivity contribution in [1.29, 1.82) is 0 Å². The van der Waals surface area contributed by atoms with Crippen LogP contribution in [0.15, 0.2) is 12.4 Å². The summed E-state index contributed by atoms with van der Waals surface area (Å²) in [4.78, 5) is 11.6. The van der Waals surface area contributed by atoms with Crippen molar-refractivity contribution in [2.45, 2.75) is 25.7 Å². The van der Waals surface area contributed by atoms with Crippen LogP contribution in [0.4, 0.5) is 0 Å². The van der Waals surface area contributed by atoms with E-state index >= 15 is 0 Å². The number of aromatic nitrogens is 2. The molecule has 1 unspecified atom stereocenters. The molecule has 0 N–H and O–H groups in total. The molecule has 2 bridgehead atoms. The highest BCUT2D eigenvalue weighted by Gasteiger charge is 2.40. The van der Waals surface area contributed by atoms with Gasteiger partial charge in [0.15, 0.2) is 0 Å². The molecular weight excluding hydrogens is 186 g/mol. The third-order valence-electron chi connectivity index (χ3n) is 3.83. The van der Waals surface area contributed by atoms with E-state index in [4.69, 9.17) is 0 Å². The average molecular weight is 203 g/mol. The van der Waals surface area contributed by atoms with E-state index in [9.17, 15) is 0 Å². The first kappa shape index (κ1) is 9.28. The van der Waals surface area contributed by atoms with Crippen LogP contribution in [-0.2, 0) is 6.42 Å². The second kappa shape index (κ2) is 3.56. The molecule has 1 aromatic heterocycles. The molecule has 3 heterocycles. The molecule has 15 heavy (non-hydrogen) atoms. The fourth-order valence-electron chi connectivity index (χ4n) is 3.05. The largest absolute Gasteiger partial charge is 0.302 e. The van der Waals surface area contributed by atoms with E-state index in [0.29, 0.717) is 5.92 Å². The summed E-state index contributed by atoms with van der Waals surface area (Å²) in [6.45, 7) is 5.95. The van der Waals surface area contributed by atoms with Gasteiger partial charge in [-0.05, 0) is 25.3 Å². The minimum absolute atomic E-state index is 0.655. The second-order valence-corrected chi connectivity index (χ2v) is 4.66. The van der Waals surface area contributed by atoms with Gasteiger partial charge >= 0.3 is 0 Å². The smallest absolute Gasteiger partial charge is 0.0665 e. The summed E-state index contributed by atoms with van der Waals surface area (Å²) in [5.41, 5.74) is 2.48. The molecule has 0 saturated carbocycles. The maximum atomic E-state index is 4.56. The van der Waals surface area contributed by atoms with Crippen molar-refractivity contribution in [3.63, 3.8) is 0 Å². The number of piperidine rings is 1. The van der Waals surface area contributed by atoms with E-state index in [0.717, 1.165) is 12.3 Å². The van der Waals surface area contributed by atoms with Crippen molar-refractivity contribution in [1.82, 2.24) is 14.9 Å². The topological polar surface area (TPSA) is 29.0 Å². The van der Waals surface area contributed by atoms with Crippen LogP contribution in [0.5, 0.6) is 0 Å². The predicted octanol–water partition coefficient (Wildman–Crippen LogP) is 1.46. The third-order valence-corrected chi connectivity index (χ3v) is 3.83. The van der Waals surface area contributed by atoms with E-state index in [1.165, 1.54) is 37.4 Å². The maximum absolute atomic E-state index is 4.56. The fraction of sp³-hybridized carbons (Fsp3) is 0.667. The van der Waals surface area contributed by atoms with Gasteiger partial charge in [-0.15, -0.1) is 0 Å². The van der Waals surface area contributed by atoms with Crippen LogP contribution < -0.4 is 0 Å². The maximum Gasteiger partial charge on any atom is 0.0665 e. The number of hydrogen-bond donors (Lipinski definition) is 0. The highest BCUT2D eigenvalue weighted by molar-refractivity contribution is 5.20. The zero-order chi connectivity index (χ0) is 10.3. The molecule has 2 fully saturated rings. The molecular formula is C12H17N3. The van der Waals surface area contributed by atoms with Crippen LogP contribution in [0, 0.1) is 5.92 Å². The molecule has 1 aromatic rings. The predicted molar refractivity (Wildman–Crippen MR) is 58.7 cm³/mol. The summed E-state index contributed by atoms with van der Waals surface area (Å²) in [6, 6.07) is 0. The average Bonchev–Trinajstić information content (AvgIpc) is 2.90. The van der Waals surface area contributed by atoms with E-state index in [1.807, 2.05) is 12.4 Å². The van der Waals surface area contributed by atoms with Gasteiger partial charge in [0, 0.05) is 31.4 Å². The zero-order valence-electron chi connectivity index (χ0n) is 9.19. The summed E-state index contributed by atoms with van der Waals surface area (Å²) in [7, 11) is 0. The highest BCUT2D eigenvalue weighted by atomic mass is 15.2. The molecule has 0 aromatic carbocycles. The second-order valence-electron chi connectivity index (χ2n) is 4.66. The zero-order valence-corrected chi connectivity index (χ0v) is 9.19. The van der Waals surface area contributed by atoms with Gasteiger partial charge in [-0.2, -0.15) is 0 Å². The van der Waals surface area contributed by atoms with Gasteiger partial charge in [-0.3, -0.25) is 9.97 Å². The van der Waals surface area contributed by atoms with Gasteiger partial charge in [-0.25, -0.2) is 0 Å². The minimum atomic E-state index is 0.655. The van der Waals surface area contributed by atoms with Crippen LogP contribution in [0.25, 0.3) is 0 Å². The van der Waals surface area contributed by atoms with E-state index in [1.54, 1.807) is 0 Å². The van der Waals surface area contributed by atoms with Crippen LogP contribution in [0.3, 0.4) is 0 Å². The Hall–Kier alpha value is -0.960. The van der Waals surface area contributed by atoms with Crippen molar-refractivity contribution in [3.05, 3.63) is 23.8 Å². The van der Waals surface area contributed by atoms with Gasteiger partial charge in [0.1, 0.15) is 0 Å². The summed E-state index contributed by atoms with van der Waals surface area (Å²) < 4.78 is 0. The van der Waals surface area contributed by atoms with Gasteiger partial charge < -0.3 is 4.90 Å². The van der Waals surface area contributed by atoms with Crippen LogP contribution in [-0.4, -0.2) is 34.5 Å². The normalized spacial score (nSPS) is 33.5. The molecule has 2 aliphatic rings. The summed E-state index contributed by atoms with van der Waals surface area (Å²) in [6.07, 6.45) is 6.02. The fourth-order valence-corrected chi connectivity index (χ4v) is 3.05. The summed E-state index contributed by atoms with van der Waals surface area (Å²) in [5.74, 6) is 1.49. The van der Waals surface area contributed by atoms with Crippen LogP contribution in [0.2, 0.25) is 0 Å². The number of nitrogens with zero attached hydrogens (tertiary/aromatic N) is 3. The molecule has 0 spiro atoms. The van der Waals surface area contributed by atoms with E-state index < -0.39 is 0 Å². The Bertz CT molecular complexity index is 364.